The molecule has 0 heterocycles. The summed E-state index contributed by atoms with van der Waals surface area (Å²) in [6, 6.07) is 2.75. The van der Waals surface area contributed by atoms with Gasteiger partial charge in [0.1, 0.15) is 5.69 Å². The van der Waals surface area contributed by atoms with Crippen molar-refractivity contribution < 1.29 is 14.2 Å². The van der Waals surface area contributed by atoms with E-state index in [0.29, 0.717) is 22.9 Å². The number of anilines is 2. The summed E-state index contributed by atoms with van der Waals surface area (Å²) < 4.78 is 15.8. The van der Waals surface area contributed by atoms with Crippen LogP contribution in [0.2, 0.25) is 6.04 Å². The molecule has 18 heavy (non-hydrogen) atoms. The third-order valence-electron chi connectivity index (χ3n) is 2.53. The fourth-order valence-electron chi connectivity index (χ4n) is 1.67. The molecule has 0 amide bonds. The highest BCUT2D eigenvalue weighted by Crippen LogP contribution is 2.45. The molecule has 0 saturated heterocycles. The maximum absolute atomic E-state index is 6.01. The van der Waals surface area contributed by atoms with Crippen LogP contribution in [0.3, 0.4) is 0 Å². The van der Waals surface area contributed by atoms with Crippen molar-refractivity contribution in [3.63, 3.8) is 0 Å². The highest BCUT2D eigenvalue weighted by atomic mass is 28.1. The first-order chi connectivity index (χ1) is 8.69. The monoisotopic (exact) mass is 267 g/mol. The third-order valence-corrected chi connectivity index (χ3v) is 2.88. The van der Waals surface area contributed by atoms with Crippen molar-refractivity contribution >= 4 is 21.6 Å². The molecule has 5 nitrogen and oxygen atoms in total. The smallest absolute Gasteiger partial charge is 0.187 e. The minimum absolute atomic E-state index is 0.431. The summed E-state index contributed by atoms with van der Waals surface area (Å²) in [4.78, 5) is 0. The molecular formula is C12H19N2O3Si. The first-order valence-corrected chi connectivity index (χ1v) is 6.37. The fourth-order valence-corrected chi connectivity index (χ4v) is 1.84. The summed E-state index contributed by atoms with van der Waals surface area (Å²) in [5.41, 5.74) is 7.24. The first kappa shape index (κ1) is 14.5. The van der Waals surface area contributed by atoms with E-state index in [4.69, 9.17) is 19.9 Å². The largest absolute Gasteiger partial charge is 0.493 e. The molecule has 1 rings (SSSR count). The van der Waals surface area contributed by atoms with Crippen molar-refractivity contribution in [1.82, 2.24) is 0 Å². The summed E-state index contributed by atoms with van der Waals surface area (Å²) >= 11 is 0. The molecule has 1 aromatic carbocycles. The van der Waals surface area contributed by atoms with Crippen LogP contribution in [0.15, 0.2) is 6.07 Å². The lowest BCUT2D eigenvalue weighted by Crippen LogP contribution is -2.06. The number of nitrogens with two attached hydrogens (primary N) is 1. The zero-order valence-corrected chi connectivity index (χ0v) is 12.0. The van der Waals surface area contributed by atoms with E-state index < -0.39 is 0 Å². The van der Waals surface area contributed by atoms with Crippen LogP contribution in [0.4, 0.5) is 11.4 Å². The second-order valence-corrected chi connectivity index (χ2v) is 4.14. The Morgan fingerprint density at radius 3 is 2.33 bits per heavy atom. The Balaban J connectivity index is 3.11. The normalized spacial score (nSPS) is 10.0. The lowest BCUT2D eigenvalue weighted by Gasteiger charge is -2.18. The zero-order chi connectivity index (χ0) is 13.5. The predicted octanol–water partition coefficient (Wildman–Crippen LogP) is 1.68. The van der Waals surface area contributed by atoms with Crippen LogP contribution in [-0.2, 0) is 0 Å². The van der Waals surface area contributed by atoms with E-state index >= 15 is 0 Å². The molecular weight excluding hydrogens is 248 g/mol. The molecule has 0 unspecified atom stereocenters. The van der Waals surface area contributed by atoms with Crippen molar-refractivity contribution in [2.75, 3.05) is 38.9 Å². The molecule has 3 radical (unpaired) electrons. The molecule has 0 atom stereocenters. The van der Waals surface area contributed by atoms with Gasteiger partial charge in [0, 0.05) is 22.9 Å². The third kappa shape index (κ3) is 3.01. The molecule has 0 aliphatic heterocycles. The highest BCUT2D eigenvalue weighted by molar-refractivity contribution is 6.08. The molecule has 0 fully saturated rings. The van der Waals surface area contributed by atoms with Gasteiger partial charge < -0.3 is 25.3 Å². The zero-order valence-electron chi connectivity index (χ0n) is 11.0. The number of nitrogens with one attached hydrogen (secondary N) is 1. The quantitative estimate of drug-likeness (QED) is 0.447. The van der Waals surface area contributed by atoms with Gasteiger partial charge in [-0.15, -0.1) is 0 Å². The van der Waals surface area contributed by atoms with Gasteiger partial charge >= 0.3 is 0 Å². The standard InChI is InChI=1S/C12H19N2O3Si/c1-15-9-7-8(14-5-4-6-18)11(16-2)10(13)12(9)17-3/h7,14H,4-6,13H2,1-3H3. The van der Waals surface area contributed by atoms with Gasteiger partial charge in [0.05, 0.1) is 27.0 Å². The van der Waals surface area contributed by atoms with E-state index in [1.165, 1.54) is 0 Å². The lowest BCUT2D eigenvalue weighted by molar-refractivity contribution is 0.352. The van der Waals surface area contributed by atoms with Gasteiger partial charge in [0.2, 0.25) is 0 Å². The van der Waals surface area contributed by atoms with Crippen LogP contribution in [0.1, 0.15) is 6.42 Å². The molecule has 0 spiro atoms. The SMILES string of the molecule is COc1cc(NCCC[Si])c(OC)c(N)c1OC. The van der Waals surface area contributed by atoms with E-state index in [9.17, 15) is 0 Å². The maximum atomic E-state index is 6.01. The number of rotatable bonds is 7. The Morgan fingerprint density at radius 1 is 1.17 bits per heavy atom. The van der Waals surface area contributed by atoms with Crippen LogP contribution < -0.4 is 25.3 Å². The molecule has 0 aliphatic rings. The first-order valence-electron chi connectivity index (χ1n) is 5.66. The summed E-state index contributed by atoms with van der Waals surface area (Å²) in [6.07, 6.45) is 0.994. The Bertz CT molecular complexity index is 399. The van der Waals surface area contributed by atoms with Crippen molar-refractivity contribution in [2.45, 2.75) is 12.5 Å². The summed E-state index contributed by atoms with van der Waals surface area (Å²) in [7, 11) is 8.13. The molecule has 3 N–H and O–H groups in total. The highest BCUT2D eigenvalue weighted by Gasteiger charge is 2.17. The van der Waals surface area contributed by atoms with Crippen LogP contribution in [0.25, 0.3) is 0 Å². The lowest BCUT2D eigenvalue weighted by atomic mass is 10.2. The van der Waals surface area contributed by atoms with Crippen LogP contribution in [0.5, 0.6) is 17.2 Å². The Labute approximate surface area is 111 Å². The minimum atomic E-state index is 0.431. The van der Waals surface area contributed by atoms with Crippen molar-refractivity contribution in [1.29, 1.82) is 0 Å². The van der Waals surface area contributed by atoms with Crippen molar-refractivity contribution in [3.8, 4) is 17.2 Å². The number of ether oxygens (including phenoxy) is 3. The van der Waals surface area contributed by atoms with E-state index in [-0.39, 0.29) is 0 Å². The summed E-state index contributed by atoms with van der Waals surface area (Å²) in [5, 5.41) is 3.26. The number of nitrogen functional groups attached to an aromatic ring is 1. The number of hydrogen-bond donors (Lipinski definition) is 2. The molecule has 0 bridgehead atoms. The molecule has 0 aromatic heterocycles. The van der Waals surface area contributed by atoms with Gasteiger partial charge in [-0.05, 0) is 6.42 Å². The van der Waals surface area contributed by atoms with Gasteiger partial charge in [0.25, 0.3) is 0 Å². The summed E-state index contributed by atoms with van der Waals surface area (Å²) in [5.74, 6) is 1.64. The predicted molar refractivity (Wildman–Crippen MR) is 74.2 cm³/mol. The Kier molecular flexibility index (Phi) is 5.64. The Morgan fingerprint density at radius 2 is 1.83 bits per heavy atom. The molecule has 0 aliphatic carbocycles. The van der Waals surface area contributed by atoms with Crippen molar-refractivity contribution in [3.05, 3.63) is 6.07 Å². The number of hydrogen-bond acceptors (Lipinski definition) is 5. The van der Waals surface area contributed by atoms with E-state index in [1.807, 2.05) is 6.07 Å². The van der Waals surface area contributed by atoms with E-state index in [2.05, 4.69) is 15.6 Å². The van der Waals surface area contributed by atoms with Gasteiger partial charge in [-0.2, -0.15) is 0 Å². The fraction of sp³-hybridized carbons (Fsp3) is 0.500. The second-order valence-electron chi connectivity index (χ2n) is 3.64. The van der Waals surface area contributed by atoms with Gasteiger partial charge in [-0.3, -0.25) is 0 Å². The maximum Gasteiger partial charge on any atom is 0.187 e. The number of methoxy groups -OCH3 is 3. The van der Waals surface area contributed by atoms with Gasteiger partial charge in [-0.1, -0.05) is 6.04 Å². The second kappa shape index (κ2) is 7.00. The molecule has 6 heteroatoms. The van der Waals surface area contributed by atoms with Gasteiger partial charge in [-0.25, -0.2) is 0 Å². The average molecular weight is 267 g/mol. The summed E-state index contributed by atoms with van der Waals surface area (Å²) in [6.45, 7) is 0.814. The van der Waals surface area contributed by atoms with Gasteiger partial charge in [0.15, 0.2) is 17.2 Å². The van der Waals surface area contributed by atoms with Crippen molar-refractivity contribution in [2.24, 2.45) is 0 Å². The van der Waals surface area contributed by atoms with Crippen LogP contribution >= 0.6 is 0 Å². The van der Waals surface area contributed by atoms with Crippen LogP contribution in [-0.4, -0.2) is 38.1 Å². The topological polar surface area (TPSA) is 65.7 Å². The van der Waals surface area contributed by atoms with E-state index in [1.54, 1.807) is 21.3 Å². The minimum Gasteiger partial charge on any atom is -0.493 e. The average Bonchev–Trinajstić information content (AvgIpc) is 2.38. The number of benzene rings is 1. The van der Waals surface area contributed by atoms with Crippen LogP contribution in [0, 0.1) is 0 Å². The molecule has 1 aromatic rings. The molecule has 0 saturated carbocycles. The van der Waals surface area contributed by atoms with E-state index in [0.717, 1.165) is 24.7 Å². The Hall–Kier alpha value is -1.56. The molecule has 99 valence electrons.